The van der Waals surface area contributed by atoms with Crippen molar-refractivity contribution in [2.24, 2.45) is 17.8 Å². The highest BCUT2D eigenvalue weighted by atomic mass is 15.2. The van der Waals surface area contributed by atoms with Gasteiger partial charge >= 0.3 is 0 Å². The molecule has 2 atom stereocenters. The van der Waals surface area contributed by atoms with Crippen LogP contribution in [0.1, 0.15) is 59.3 Å². The van der Waals surface area contributed by atoms with Gasteiger partial charge in [-0.05, 0) is 43.6 Å². The molecule has 2 nitrogen and oxygen atoms in total. The first-order valence-corrected chi connectivity index (χ1v) is 8.59. The van der Waals surface area contributed by atoms with Crippen LogP contribution in [0.25, 0.3) is 0 Å². The molecule has 0 bridgehead atoms. The van der Waals surface area contributed by atoms with Crippen LogP contribution in [0.2, 0.25) is 0 Å². The maximum Gasteiger partial charge on any atom is 0.0198 e. The summed E-state index contributed by atoms with van der Waals surface area (Å²) < 4.78 is 0. The molecule has 1 aliphatic carbocycles. The molecule has 1 saturated heterocycles. The minimum atomic E-state index is 0.740. The van der Waals surface area contributed by atoms with Crippen LogP contribution in [0.5, 0.6) is 0 Å². The van der Waals surface area contributed by atoms with Crippen LogP contribution in [0.4, 0.5) is 0 Å². The minimum Gasteiger partial charge on any atom is -0.312 e. The molecular weight excluding hydrogens is 232 g/mol. The third-order valence-corrected chi connectivity index (χ3v) is 4.78. The lowest BCUT2D eigenvalue weighted by Crippen LogP contribution is -2.50. The molecular formula is C17H34N2. The second kappa shape index (κ2) is 7.64. The Hall–Kier alpha value is -0.0800. The van der Waals surface area contributed by atoms with E-state index in [1.54, 1.807) is 0 Å². The monoisotopic (exact) mass is 266 g/mol. The van der Waals surface area contributed by atoms with Crippen molar-refractivity contribution in [2.45, 2.75) is 65.3 Å². The van der Waals surface area contributed by atoms with Crippen molar-refractivity contribution in [3.63, 3.8) is 0 Å². The first-order chi connectivity index (χ1) is 9.13. The summed E-state index contributed by atoms with van der Waals surface area (Å²) in [6.45, 7) is 12.2. The van der Waals surface area contributed by atoms with Crippen molar-refractivity contribution in [1.82, 2.24) is 10.2 Å². The smallest absolute Gasteiger partial charge is 0.0198 e. The van der Waals surface area contributed by atoms with Gasteiger partial charge in [-0.15, -0.1) is 0 Å². The van der Waals surface area contributed by atoms with Gasteiger partial charge in [-0.3, -0.25) is 0 Å². The van der Waals surface area contributed by atoms with Crippen molar-refractivity contribution in [1.29, 1.82) is 0 Å². The van der Waals surface area contributed by atoms with Crippen LogP contribution in [0.3, 0.4) is 0 Å². The molecule has 1 N–H and O–H groups in total. The number of piperidine rings is 1. The Labute approximate surface area is 120 Å². The van der Waals surface area contributed by atoms with Gasteiger partial charge in [0.2, 0.25) is 0 Å². The molecule has 2 heteroatoms. The third kappa shape index (κ3) is 5.43. The SMILES string of the molecule is CC(C)CN1CC(C)CC(NCC2CCCCC2)C1. The third-order valence-electron chi connectivity index (χ3n) is 4.78. The fourth-order valence-corrected chi connectivity index (χ4v) is 4.00. The van der Waals surface area contributed by atoms with Crippen LogP contribution in [0.15, 0.2) is 0 Å². The van der Waals surface area contributed by atoms with Crippen molar-refractivity contribution < 1.29 is 0 Å². The summed E-state index contributed by atoms with van der Waals surface area (Å²) >= 11 is 0. The summed E-state index contributed by atoms with van der Waals surface area (Å²) in [6.07, 6.45) is 8.70. The summed E-state index contributed by atoms with van der Waals surface area (Å²) in [5.41, 5.74) is 0. The lowest BCUT2D eigenvalue weighted by molar-refractivity contribution is 0.132. The van der Waals surface area contributed by atoms with Crippen LogP contribution in [0, 0.1) is 17.8 Å². The zero-order chi connectivity index (χ0) is 13.7. The summed E-state index contributed by atoms with van der Waals surface area (Å²) in [6, 6.07) is 0.740. The van der Waals surface area contributed by atoms with Gasteiger partial charge in [0.15, 0.2) is 0 Å². The van der Waals surface area contributed by atoms with E-state index in [9.17, 15) is 0 Å². The molecule has 0 aromatic heterocycles. The lowest BCUT2D eigenvalue weighted by atomic mass is 9.88. The topological polar surface area (TPSA) is 15.3 Å². The highest BCUT2D eigenvalue weighted by Gasteiger charge is 2.25. The first-order valence-electron chi connectivity index (χ1n) is 8.59. The quantitative estimate of drug-likeness (QED) is 0.819. The number of rotatable bonds is 5. The Bertz CT molecular complexity index is 244. The first kappa shape index (κ1) is 15.3. The summed E-state index contributed by atoms with van der Waals surface area (Å²) in [4.78, 5) is 2.68. The van der Waals surface area contributed by atoms with Gasteiger partial charge in [-0.2, -0.15) is 0 Å². The molecule has 2 aliphatic rings. The zero-order valence-corrected chi connectivity index (χ0v) is 13.3. The maximum atomic E-state index is 3.88. The standard InChI is InChI=1S/C17H34N2/c1-14(2)11-19-12-15(3)9-17(13-19)18-10-16-7-5-4-6-8-16/h14-18H,4-13H2,1-3H3. The fraction of sp³-hybridized carbons (Fsp3) is 1.00. The van der Waals surface area contributed by atoms with Gasteiger partial charge < -0.3 is 10.2 Å². The van der Waals surface area contributed by atoms with E-state index in [0.717, 1.165) is 23.8 Å². The highest BCUT2D eigenvalue weighted by Crippen LogP contribution is 2.24. The van der Waals surface area contributed by atoms with Crippen LogP contribution < -0.4 is 5.32 Å². The Morgan fingerprint density at radius 3 is 2.53 bits per heavy atom. The molecule has 0 radical (unpaired) electrons. The highest BCUT2D eigenvalue weighted by molar-refractivity contribution is 4.83. The Kier molecular flexibility index (Phi) is 6.15. The molecule has 112 valence electrons. The molecule has 0 aromatic rings. The van der Waals surface area contributed by atoms with E-state index in [1.165, 1.54) is 64.7 Å². The van der Waals surface area contributed by atoms with Crippen molar-refractivity contribution >= 4 is 0 Å². The van der Waals surface area contributed by atoms with Crippen molar-refractivity contribution in [2.75, 3.05) is 26.2 Å². The number of hydrogen-bond acceptors (Lipinski definition) is 2. The van der Waals surface area contributed by atoms with Gasteiger partial charge in [0, 0.05) is 25.7 Å². The van der Waals surface area contributed by atoms with Gasteiger partial charge in [-0.1, -0.05) is 40.0 Å². The normalized spacial score (nSPS) is 30.9. The van der Waals surface area contributed by atoms with Gasteiger partial charge in [0.1, 0.15) is 0 Å². The van der Waals surface area contributed by atoms with Crippen molar-refractivity contribution in [3.05, 3.63) is 0 Å². The number of likely N-dealkylation sites (tertiary alicyclic amines) is 1. The second-order valence-electron chi connectivity index (χ2n) is 7.56. The molecule has 19 heavy (non-hydrogen) atoms. The average molecular weight is 266 g/mol. The number of nitrogens with zero attached hydrogens (tertiary/aromatic N) is 1. The molecule has 0 aromatic carbocycles. The van der Waals surface area contributed by atoms with Crippen LogP contribution >= 0.6 is 0 Å². The molecule has 2 fully saturated rings. The number of nitrogens with one attached hydrogen (secondary N) is 1. The Balaban J connectivity index is 1.72. The minimum absolute atomic E-state index is 0.740. The lowest BCUT2D eigenvalue weighted by Gasteiger charge is -2.38. The Morgan fingerprint density at radius 1 is 1.11 bits per heavy atom. The van der Waals surface area contributed by atoms with Gasteiger partial charge in [-0.25, -0.2) is 0 Å². The Morgan fingerprint density at radius 2 is 1.84 bits per heavy atom. The molecule has 0 spiro atoms. The molecule has 2 rings (SSSR count). The van der Waals surface area contributed by atoms with E-state index in [0.29, 0.717) is 0 Å². The predicted octanol–water partition coefficient (Wildman–Crippen LogP) is 3.52. The van der Waals surface area contributed by atoms with Gasteiger partial charge in [0.05, 0.1) is 0 Å². The predicted molar refractivity (Wildman–Crippen MR) is 83.4 cm³/mol. The fourth-order valence-electron chi connectivity index (χ4n) is 4.00. The molecule has 1 heterocycles. The van der Waals surface area contributed by atoms with Crippen molar-refractivity contribution in [3.8, 4) is 0 Å². The maximum absolute atomic E-state index is 3.88. The van der Waals surface area contributed by atoms with Crippen LogP contribution in [-0.2, 0) is 0 Å². The number of hydrogen-bond donors (Lipinski definition) is 1. The zero-order valence-electron chi connectivity index (χ0n) is 13.3. The summed E-state index contributed by atoms with van der Waals surface area (Å²) in [7, 11) is 0. The van der Waals surface area contributed by atoms with E-state index in [2.05, 4.69) is 31.0 Å². The molecule has 1 aliphatic heterocycles. The van der Waals surface area contributed by atoms with Crippen LogP contribution in [-0.4, -0.2) is 37.1 Å². The average Bonchev–Trinajstić information content (AvgIpc) is 2.36. The van der Waals surface area contributed by atoms with E-state index in [4.69, 9.17) is 0 Å². The van der Waals surface area contributed by atoms with Gasteiger partial charge in [0.25, 0.3) is 0 Å². The van der Waals surface area contributed by atoms with E-state index in [-0.39, 0.29) is 0 Å². The molecule has 0 amide bonds. The van der Waals surface area contributed by atoms with E-state index < -0.39 is 0 Å². The summed E-state index contributed by atoms with van der Waals surface area (Å²) in [5.74, 6) is 2.62. The second-order valence-corrected chi connectivity index (χ2v) is 7.56. The van der Waals surface area contributed by atoms with E-state index in [1.807, 2.05) is 0 Å². The van der Waals surface area contributed by atoms with E-state index >= 15 is 0 Å². The molecule has 2 unspecified atom stereocenters. The molecule has 1 saturated carbocycles. The largest absolute Gasteiger partial charge is 0.312 e. The summed E-state index contributed by atoms with van der Waals surface area (Å²) in [5, 5.41) is 3.88.